The van der Waals surface area contributed by atoms with Gasteiger partial charge >= 0.3 is 5.69 Å². The van der Waals surface area contributed by atoms with Crippen LogP contribution in [0.4, 0.5) is 0 Å². The maximum Gasteiger partial charge on any atom is 0.330 e. The first-order valence-corrected chi connectivity index (χ1v) is 9.04. The molecule has 0 spiro atoms. The molecule has 9 nitrogen and oxygen atoms in total. The highest BCUT2D eigenvalue weighted by Gasteiger charge is 2.43. The van der Waals surface area contributed by atoms with E-state index >= 15 is 0 Å². The SMILES string of the molecule is [2H]C(C)[C@H]1O[C@@H](n2cc(C)c(=O)[nH]c2=O)[C@H](OCC(=O)NCCN(C)C)[C@@H]1C. The molecule has 0 bridgehead atoms. The lowest BCUT2D eigenvalue weighted by molar-refractivity contribution is -0.131. The normalized spacial score (nSPS) is 26.8. The van der Waals surface area contributed by atoms with Crippen molar-refractivity contribution in [1.29, 1.82) is 0 Å². The summed E-state index contributed by atoms with van der Waals surface area (Å²) in [4.78, 5) is 40.2. The van der Waals surface area contributed by atoms with Gasteiger partial charge in [-0.15, -0.1) is 0 Å². The number of nitrogens with zero attached hydrogens (tertiary/aromatic N) is 2. The number of carbonyl (C=O) groups excluding carboxylic acids is 1. The van der Waals surface area contributed by atoms with Crippen LogP contribution in [0.15, 0.2) is 15.8 Å². The topological polar surface area (TPSA) is 106 Å². The van der Waals surface area contributed by atoms with Gasteiger partial charge in [0, 0.05) is 32.1 Å². The zero-order valence-electron chi connectivity index (χ0n) is 17.5. The Morgan fingerprint density at radius 1 is 1.48 bits per heavy atom. The Bertz CT molecular complexity index is 791. The van der Waals surface area contributed by atoms with Crippen LogP contribution in [0.5, 0.6) is 0 Å². The van der Waals surface area contributed by atoms with Crippen molar-refractivity contribution in [3.63, 3.8) is 0 Å². The molecular formula is C18H30N4O5. The Hall–Kier alpha value is -1.97. The number of nitrogens with one attached hydrogen (secondary N) is 2. The Kier molecular flexibility index (Phi) is 6.81. The number of H-pyrrole nitrogens is 1. The summed E-state index contributed by atoms with van der Waals surface area (Å²) in [5.41, 5.74) is -0.719. The second-order valence-electron chi connectivity index (χ2n) is 7.09. The molecule has 1 fully saturated rings. The minimum atomic E-state index is -0.828. The highest BCUT2D eigenvalue weighted by atomic mass is 16.6. The highest BCUT2D eigenvalue weighted by Crippen LogP contribution is 2.36. The zero-order chi connectivity index (χ0) is 21.0. The van der Waals surface area contributed by atoms with E-state index in [1.165, 1.54) is 10.8 Å². The summed E-state index contributed by atoms with van der Waals surface area (Å²) < 4.78 is 21.0. The molecule has 0 aromatic carbocycles. The zero-order valence-corrected chi connectivity index (χ0v) is 16.5. The number of ether oxygens (including phenoxy) is 2. The van der Waals surface area contributed by atoms with E-state index in [2.05, 4.69) is 10.3 Å². The lowest BCUT2D eigenvalue weighted by atomic mass is 9.98. The fraction of sp³-hybridized carbons (Fsp3) is 0.722. The largest absolute Gasteiger partial charge is 0.363 e. The van der Waals surface area contributed by atoms with E-state index in [-0.39, 0.29) is 18.4 Å². The van der Waals surface area contributed by atoms with Crippen LogP contribution >= 0.6 is 0 Å². The number of likely N-dealkylation sites (N-methyl/N-ethyl adjacent to an activating group) is 1. The summed E-state index contributed by atoms with van der Waals surface area (Å²) >= 11 is 0. The molecule has 0 saturated carbocycles. The number of amides is 1. The van der Waals surface area contributed by atoms with Gasteiger partial charge in [-0.2, -0.15) is 0 Å². The molecule has 2 rings (SSSR count). The highest BCUT2D eigenvalue weighted by molar-refractivity contribution is 5.77. The third-order valence-electron chi connectivity index (χ3n) is 4.65. The second-order valence-corrected chi connectivity index (χ2v) is 7.09. The van der Waals surface area contributed by atoms with Crippen molar-refractivity contribution in [3.8, 4) is 0 Å². The van der Waals surface area contributed by atoms with Gasteiger partial charge < -0.3 is 19.7 Å². The lowest BCUT2D eigenvalue weighted by Gasteiger charge is -2.23. The Morgan fingerprint density at radius 2 is 2.19 bits per heavy atom. The molecule has 2 N–H and O–H groups in total. The third-order valence-corrected chi connectivity index (χ3v) is 4.65. The van der Waals surface area contributed by atoms with Crippen molar-refractivity contribution in [2.45, 2.75) is 45.6 Å². The predicted molar refractivity (Wildman–Crippen MR) is 101 cm³/mol. The number of hydrogen-bond acceptors (Lipinski definition) is 6. The molecule has 1 amide bonds. The predicted octanol–water partition coefficient (Wildman–Crippen LogP) is -0.148. The maximum absolute atomic E-state index is 12.3. The van der Waals surface area contributed by atoms with Gasteiger partial charge in [0.1, 0.15) is 12.7 Å². The van der Waals surface area contributed by atoms with Crippen molar-refractivity contribution in [3.05, 3.63) is 32.6 Å². The monoisotopic (exact) mass is 383 g/mol. The molecule has 5 atom stereocenters. The Balaban J connectivity index is 2.16. The first-order chi connectivity index (χ1) is 13.1. The van der Waals surface area contributed by atoms with Crippen LogP contribution in [0.2, 0.25) is 0 Å². The molecule has 1 unspecified atom stereocenters. The summed E-state index contributed by atoms with van der Waals surface area (Å²) in [6.07, 6.45) is -1.03. The fourth-order valence-corrected chi connectivity index (χ4v) is 3.07. The first-order valence-electron chi connectivity index (χ1n) is 9.62. The van der Waals surface area contributed by atoms with Gasteiger partial charge in [0.25, 0.3) is 5.56 Å². The van der Waals surface area contributed by atoms with Crippen molar-refractivity contribution < 1.29 is 15.6 Å². The fourth-order valence-electron chi connectivity index (χ4n) is 3.07. The van der Waals surface area contributed by atoms with Crippen LogP contribution in [0.1, 0.15) is 33.4 Å². The summed E-state index contributed by atoms with van der Waals surface area (Å²) in [7, 11) is 3.83. The van der Waals surface area contributed by atoms with Crippen LogP contribution in [-0.2, 0) is 14.3 Å². The van der Waals surface area contributed by atoms with E-state index in [0.717, 1.165) is 0 Å². The summed E-state index contributed by atoms with van der Waals surface area (Å²) in [5.74, 6) is -0.480. The van der Waals surface area contributed by atoms with Crippen molar-refractivity contribution >= 4 is 5.91 Å². The van der Waals surface area contributed by atoms with Crippen LogP contribution in [0.3, 0.4) is 0 Å². The van der Waals surface area contributed by atoms with Crippen molar-refractivity contribution in [2.75, 3.05) is 33.8 Å². The quantitative estimate of drug-likeness (QED) is 0.647. The summed E-state index contributed by atoms with van der Waals surface area (Å²) in [6.45, 7) is 6.19. The molecular weight excluding hydrogens is 352 g/mol. The third kappa shape index (κ3) is 5.27. The van der Waals surface area contributed by atoms with Gasteiger partial charge in [-0.25, -0.2) is 4.79 Å². The van der Waals surface area contributed by atoms with E-state index in [9.17, 15) is 14.4 Å². The molecule has 2 heterocycles. The van der Waals surface area contributed by atoms with Gasteiger partial charge in [-0.05, 0) is 27.4 Å². The van der Waals surface area contributed by atoms with Gasteiger partial charge in [0.15, 0.2) is 6.23 Å². The molecule has 1 aliphatic heterocycles. The van der Waals surface area contributed by atoms with Crippen molar-refractivity contribution in [2.24, 2.45) is 5.92 Å². The minimum Gasteiger partial charge on any atom is -0.363 e. The average molecular weight is 383 g/mol. The van der Waals surface area contributed by atoms with E-state index in [4.69, 9.17) is 10.8 Å². The number of carbonyl (C=O) groups is 1. The van der Waals surface area contributed by atoms with Gasteiger partial charge in [-0.1, -0.05) is 13.8 Å². The molecule has 1 aromatic heterocycles. The van der Waals surface area contributed by atoms with Gasteiger partial charge in [0.05, 0.1) is 6.10 Å². The van der Waals surface area contributed by atoms with E-state index in [1.54, 1.807) is 13.8 Å². The lowest BCUT2D eigenvalue weighted by Crippen LogP contribution is -2.40. The second kappa shape index (κ2) is 9.29. The van der Waals surface area contributed by atoms with Crippen LogP contribution < -0.4 is 16.6 Å². The van der Waals surface area contributed by atoms with Gasteiger partial charge in [0.2, 0.25) is 5.91 Å². The molecule has 27 heavy (non-hydrogen) atoms. The smallest absolute Gasteiger partial charge is 0.330 e. The number of rotatable bonds is 8. The van der Waals surface area contributed by atoms with E-state index < -0.39 is 36.1 Å². The molecule has 9 heteroatoms. The standard InChI is InChI=1S/C18H30N4O5/c1-6-13-12(3)15(26-10-14(23)19-7-8-21(4)5)17(27-13)22-9-11(2)16(24)20-18(22)25/h9,12-13,15,17H,6-8,10H2,1-5H3,(H,19,23)(H,20,24,25)/t12-,13-,15-,17-/m1/s1/i6D/t6?,12-,13-,15-,17-. The molecule has 1 saturated heterocycles. The summed E-state index contributed by atoms with van der Waals surface area (Å²) in [5, 5.41) is 2.77. The molecule has 152 valence electrons. The number of aryl methyl sites for hydroxylation is 1. The van der Waals surface area contributed by atoms with E-state index in [0.29, 0.717) is 18.7 Å². The van der Waals surface area contributed by atoms with Gasteiger partial charge in [-0.3, -0.25) is 19.1 Å². The van der Waals surface area contributed by atoms with Crippen molar-refractivity contribution in [1.82, 2.24) is 19.8 Å². The van der Waals surface area contributed by atoms with Crippen LogP contribution in [-0.4, -0.2) is 66.4 Å². The number of aromatic nitrogens is 2. The Labute approximate surface area is 160 Å². The first kappa shape index (κ1) is 19.8. The maximum atomic E-state index is 12.3. The molecule has 0 aliphatic carbocycles. The summed E-state index contributed by atoms with van der Waals surface area (Å²) in [6, 6.07) is 0. The van der Waals surface area contributed by atoms with Crippen LogP contribution in [0.25, 0.3) is 0 Å². The average Bonchev–Trinajstić information content (AvgIpc) is 2.92. The Morgan fingerprint density at radius 3 is 2.81 bits per heavy atom. The van der Waals surface area contributed by atoms with Crippen LogP contribution in [0, 0.1) is 12.8 Å². The van der Waals surface area contributed by atoms with E-state index in [1.807, 2.05) is 25.9 Å². The number of hydrogen-bond donors (Lipinski definition) is 2. The number of aromatic amines is 1. The molecule has 0 radical (unpaired) electrons. The minimum absolute atomic E-state index is 0.182. The molecule has 1 aliphatic rings. The molecule has 1 aromatic rings.